The summed E-state index contributed by atoms with van der Waals surface area (Å²) in [4.78, 5) is 24.0. The number of fused-ring (bicyclic) bond motifs is 3. The number of aliphatic imine (C=N–C) groups is 1. The van der Waals surface area contributed by atoms with Gasteiger partial charge in [-0.25, -0.2) is 9.48 Å². The van der Waals surface area contributed by atoms with Gasteiger partial charge in [-0.3, -0.25) is 14.8 Å². The van der Waals surface area contributed by atoms with E-state index in [0.29, 0.717) is 19.6 Å². The quantitative estimate of drug-likeness (QED) is 0.781. The molecule has 8 nitrogen and oxygen atoms in total. The van der Waals surface area contributed by atoms with E-state index in [1.165, 1.54) is 19.3 Å². The Labute approximate surface area is 170 Å². The standard InChI is InChI=1S/C21H26N6O2/c1-29-17-7-5-16(6-8-17)27-20-18(15-23-27)19-22-9-12-25(19)21(28)26(20)14-13-24-10-3-2-4-11-24/h5-8,15H,2-4,9-14H2,1H3. The van der Waals surface area contributed by atoms with E-state index in [-0.39, 0.29) is 6.03 Å². The molecule has 1 fully saturated rings. The Bertz CT molecular complexity index is 929. The van der Waals surface area contributed by atoms with Crippen molar-refractivity contribution in [1.82, 2.24) is 19.6 Å². The number of aromatic nitrogens is 2. The van der Waals surface area contributed by atoms with Gasteiger partial charge in [0.2, 0.25) is 0 Å². The molecule has 2 aromatic rings. The summed E-state index contributed by atoms with van der Waals surface area (Å²) in [5, 5.41) is 4.62. The first-order chi connectivity index (χ1) is 14.3. The van der Waals surface area contributed by atoms with Crippen LogP contribution in [0.15, 0.2) is 35.5 Å². The molecule has 2 amide bonds. The van der Waals surface area contributed by atoms with Gasteiger partial charge in [-0.1, -0.05) is 6.42 Å². The van der Waals surface area contributed by atoms with Gasteiger partial charge < -0.3 is 9.64 Å². The maximum atomic E-state index is 13.3. The highest BCUT2D eigenvalue weighted by Crippen LogP contribution is 2.33. The van der Waals surface area contributed by atoms with Crippen molar-refractivity contribution in [3.05, 3.63) is 36.0 Å². The minimum absolute atomic E-state index is 0.000945. The van der Waals surface area contributed by atoms with Crippen molar-refractivity contribution in [2.75, 3.05) is 51.3 Å². The van der Waals surface area contributed by atoms with E-state index in [1.54, 1.807) is 12.0 Å². The minimum Gasteiger partial charge on any atom is -0.497 e. The monoisotopic (exact) mass is 394 g/mol. The molecule has 3 aliphatic rings. The predicted octanol–water partition coefficient (Wildman–Crippen LogP) is 2.37. The minimum atomic E-state index is 0.000945. The Kier molecular flexibility index (Phi) is 4.71. The molecular formula is C21H26N6O2. The molecule has 0 saturated carbocycles. The van der Waals surface area contributed by atoms with Crippen LogP contribution in [0, 0.1) is 0 Å². The number of carbonyl (C=O) groups excluding carboxylic acids is 1. The lowest BCUT2D eigenvalue weighted by atomic mass is 10.1. The van der Waals surface area contributed by atoms with Crippen LogP contribution in [0.3, 0.4) is 0 Å². The summed E-state index contributed by atoms with van der Waals surface area (Å²) in [6.45, 7) is 5.04. The fourth-order valence-electron chi connectivity index (χ4n) is 4.40. The van der Waals surface area contributed by atoms with Crippen molar-refractivity contribution in [3.63, 3.8) is 0 Å². The Morgan fingerprint density at radius 1 is 1.03 bits per heavy atom. The summed E-state index contributed by atoms with van der Waals surface area (Å²) in [6, 6.07) is 7.74. The van der Waals surface area contributed by atoms with Crippen LogP contribution in [-0.4, -0.2) is 77.8 Å². The van der Waals surface area contributed by atoms with E-state index >= 15 is 0 Å². The Hall–Kier alpha value is -2.87. The largest absolute Gasteiger partial charge is 0.497 e. The number of benzene rings is 1. The second-order valence-corrected chi connectivity index (χ2v) is 7.69. The Morgan fingerprint density at radius 3 is 2.59 bits per heavy atom. The van der Waals surface area contributed by atoms with Crippen LogP contribution in [0.2, 0.25) is 0 Å². The second-order valence-electron chi connectivity index (χ2n) is 7.69. The molecule has 0 atom stereocenters. The molecule has 0 bridgehead atoms. The fraction of sp³-hybridized carbons (Fsp3) is 0.476. The molecule has 0 unspecified atom stereocenters. The van der Waals surface area contributed by atoms with Gasteiger partial charge >= 0.3 is 6.03 Å². The maximum Gasteiger partial charge on any atom is 0.331 e. The number of methoxy groups -OCH3 is 1. The van der Waals surface area contributed by atoms with Gasteiger partial charge in [0, 0.05) is 19.6 Å². The number of ether oxygens (including phenoxy) is 1. The maximum absolute atomic E-state index is 13.3. The highest BCUT2D eigenvalue weighted by molar-refractivity contribution is 6.19. The van der Waals surface area contributed by atoms with Crippen molar-refractivity contribution >= 4 is 17.7 Å². The molecular weight excluding hydrogens is 368 g/mol. The summed E-state index contributed by atoms with van der Waals surface area (Å²) in [6.07, 6.45) is 5.62. The normalized spacial score (nSPS) is 19.2. The second kappa shape index (κ2) is 7.51. The van der Waals surface area contributed by atoms with Gasteiger partial charge in [0.1, 0.15) is 11.6 Å². The van der Waals surface area contributed by atoms with Gasteiger partial charge in [-0.05, 0) is 50.2 Å². The van der Waals surface area contributed by atoms with E-state index in [2.05, 4.69) is 15.0 Å². The average molecular weight is 394 g/mol. The number of likely N-dealkylation sites (tertiary alicyclic amines) is 1. The van der Waals surface area contributed by atoms with Gasteiger partial charge in [0.15, 0.2) is 5.82 Å². The third kappa shape index (κ3) is 3.17. The summed E-state index contributed by atoms with van der Waals surface area (Å²) in [5.74, 6) is 2.35. The molecule has 1 aromatic carbocycles. The number of rotatable bonds is 5. The Balaban J connectivity index is 1.50. The first kappa shape index (κ1) is 18.2. The number of piperidine rings is 1. The molecule has 1 saturated heterocycles. The van der Waals surface area contributed by atoms with Crippen LogP contribution >= 0.6 is 0 Å². The van der Waals surface area contributed by atoms with Crippen LogP contribution in [0.5, 0.6) is 5.75 Å². The topological polar surface area (TPSA) is 66.2 Å². The lowest BCUT2D eigenvalue weighted by Gasteiger charge is -2.36. The molecule has 1 aromatic heterocycles. The SMILES string of the molecule is COc1ccc(-n2ncc3c2N(CCN2CCCCC2)C(=O)N2CCN=C32)cc1. The van der Waals surface area contributed by atoms with Crippen molar-refractivity contribution in [2.24, 2.45) is 4.99 Å². The van der Waals surface area contributed by atoms with E-state index in [0.717, 1.165) is 48.3 Å². The van der Waals surface area contributed by atoms with Crippen molar-refractivity contribution in [1.29, 1.82) is 0 Å². The van der Waals surface area contributed by atoms with E-state index in [4.69, 9.17) is 4.74 Å². The summed E-state index contributed by atoms with van der Waals surface area (Å²) in [7, 11) is 1.65. The molecule has 4 heterocycles. The molecule has 0 N–H and O–H groups in total. The molecule has 29 heavy (non-hydrogen) atoms. The summed E-state index contributed by atoms with van der Waals surface area (Å²) >= 11 is 0. The molecule has 152 valence electrons. The number of carbonyl (C=O) groups is 1. The third-order valence-corrected chi connectivity index (χ3v) is 5.95. The number of nitrogens with zero attached hydrogens (tertiary/aromatic N) is 6. The van der Waals surface area contributed by atoms with E-state index < -0.39 is 0 Å². The molecule has 5 rings (SSSR count). The zero-order valence-corrected chi connectivity index (χ0v) is 16.8. The molecule has 0 spiro atoms. The zero-order chi connectivity index (χ0) is 19.8. The zero-order valence-electron chi connectivity index (χ0n) is 16.8. The van der Waals surface area contributed by atoms with Crippen LogP contribution in [0.25, 0.3) is 5.69 Å². The van der Waals surface area contributed by atoms with Crippen LogP contribution < -0.4 is 9.64 Å². The Morgan fingerprint density at radius 2 is 1.83 bits per heavy atom. The highest BCUT2D eigenvalue weighted by atomic mass is 16.5. The number of urea groups is 1. The van der Waals surface area contributed by atoms with Crippen LogP contribution in [0.1, 0.15) is 24.8 Å². The molecule has 0 radical (unpaired) electrons. The lowest BCUT2D eigenvalue weighted by Crippen LogP contribution is -2.52. The van der Waals surface area contributed by atoms with Gasteiger partial charge in [0.25, 0.3) is 0 Å². The molecule has 0 aliphatic carbocycles. The smallest absolute Gasteiger partial charge is 0.331 e. The number of hydrogen-bond acceptors (Lipinski definition) is 5. The fourth-order valence-corrected chi connectivity index (χ4v) is 4.40. The number of amidine groups is 1. The van der Waals surface area contributed by atoms with Gasteiger partial charge in [-0.15, -0.1) is 0 Å². The molecule has 3 aliphatic heterocycles. The first-order valence-electron chi connectivity index (χ1n) is 10.3. The van der Waals surface area contributed by atoms with Crippen LogP contribution in [0.4, 0.5) is 10.6 Å². The van der Waals surface area contributed by atoms with Crippen molar-refractivity contribution in [2.45, 2.75) is 19.3 Å². The highest BCUT2D eigenvalue weighted by Gasteiger charge is 2.40. The number of hydrogen-bond donors (Lipinski definition) is 0. The lowest BCUT2D eigenvalue weighted by molar-refractivity contribution is 0.217. The van der Waals surface area contributed by atoms with Crippen LogP contribution in [-0.2, 0) is 0 Å². The summed E-state index contributed by atoms with van der Waals surface area (Å²) in [5.41, 5.74) is 1.83. The van der Waals surface area contributed by atoms with Crippen molar-refractivity contribution < 1.29 is 9.53 Å². The van der Waals surface area contributed by atoms with E-state index in [9.17, 15) is 4.79 Å². The average Bonchev–Trinajstić information content (AvgIpc) is 3.42. The van der Waals surface area contributed by atoms with Crippen molar-refractivity contribution in [3.8, 4) is 11.4 Å². The number of amides is 2. The predicted molar refractivity (Wildman–Crippen MR) is 111 cm³/mol. The third-order valence-electron chi connectivity index (χ3n) is 5.95. The first-order valence-corrected chi connectivity index (χ1v) is 10.3. The number of anilines is 1. The summed E-state index contributed by atoms with van der Waals surface area (Å²) < 4.78 is 7.12. The van der Waals surface area contributed by atoms with Gasteiger partial charge in [-0.2, -0.15) is 5.10 Å². The van der Waals surface area contributed by atoms with E-state index in [1.807, 2.05) is 40.0 Å². The molecule has 8 heteroatoms. The van der Waals surface area contributed by atoms with Gasteiger partial charge in [0.05, 0.1) is 31.1 Å².